The predicted molar refractivity (Wildman–Crippen MR) is 85.3 cm³/mol. The fraction of sp³-hybridized carbons (Fsp3) is 0.333. The topological polar surface area (TPSA) is 101 Å². The molecular weight excluding hydrogens is 314 g/mol. The summed E-state index contributed by atoms with van der Waals surface area (Å²) in [6, 6.07) is 3.95. The van der Waals surface area contributed by atoms with Crippen molar-refractivity contribution in [3.63, 3.8) is 0 Å². The first kappa shape index (κ1) is 14.1. The number of anilines is 1. The molecule has 2 atom stereocenters. The number of primary amides is 1. The van der Waals surface area contributed by atoms with Crippen molar-refractivity contribution in [2.75, 3.05) is 18.0 Å². The van der Waals surface area contributed by atoms with E-state index in [2.05, 4.69) is 20.2 Å². The van der Waals surface area contributed by atoms with Crippen LogP contribution in [0.25, 0.3) is 0 Å². The van der Waals surface area contributed by atoms with Crippen LogP contribution in [0.3, 0.4) is 0 Å². The number of carbonyl (C=O) groups excluding carboxylic acids is 2. The Bertz CT molecular complexity index is 734. The Hall–Kier alpha value is -2.48. The number of nitrogens with one attached hydrogen (secondary N) is 1. The zero-order valence-corrected chi connectivity index (χ0v) is 13.0. The molecule has 0 aromatic carbocycles. The number of nitrogens with two attached hydrogens (primary N) is 1. The highest BCUT2D eigenvalue weighted by atomic mass is 32.1. The van der Waals surface area contributed by atoms with Crippen LogP contribution in [0.2, 0.25) is 0 Å². The van der Waals surface area contributed by atoms with E-state index >= 15 is 0 Å². The van der Waals surface area contributed by atoms with E-state index in [0.29, 0.717) is 23.3 Å². The first-order valence-corrected chi connectivity index (χ1v) is 8.22. The van der Waals surface area contributed by atoms with Crippen LogP contribution in [0.5, 0.6) is 0 Å². The zero-order chi connectivity index (χ0) is 16.0. The van der Waals surface area contributed by atoms with Crippen LogP contribution in [0.4, 0.5) is 5.95 Å². The highest BCUT2D eigenvalue weighted by Gasteiger charge is 2.57. The van der Waals surface area contributed by atoms with Gasteiger partial charge in [-0.2, -0.15) is 0 Å². The molecule has 1 saturated heterocycles. The van der Waals surface area contributed by atoms with Gasteiger partial charge in [-0.3, -0.25) is 9.59 Å². The van der Waals surface area contributed by atoms with E-state index in [0.717, 1.165) is 18.0 Å². The maximum absolute atomic E-state index is 12.1. The van der Waals surface area contributed by atoms with Gasteiger partial charge in [-0.15, -0.1) is 11.3 Å². The number of piperidine rings is 1. The summed E-state index contributed by atoms with van der Waals surface area (Å²) in [5.74, 6) is 0.965. The first-order valence-electron chi connectivity index (χ1n) is 7.34. The Morgan fingerprint density at radius 3 is 2.52 bits per heavy atom. The van der Waals surface area contributed by atoms with Gasteiger partial charge >= 0.3 is 0 Å². The lowest BCUT2D eigenvalue weighted by Gasteiger charge is -2.19. The molecule has 2 amide bonds. The van der Waals surface area contributed by atoms with E-state index in [-0.39, 0.29) is 11.9 Å². The summed E-state index contributed by atoms with van der Waals surface area (Å²) < 4.78 is 0. The number of nitrogens with zero attached hydrogens (tertiary/aromatic N) is 3. The third kappa shape index (κ3) is 2.55. The van der Waals surface area contributed by atoms with E-state index < -0.39 is 5.91 Å². The molecule has 0 spiro atoms. The van der Waals surface area contributed by atoms with Crippen LogP contribution in [0.1, 0.15) is 20.0 Å². The van der Waals surface area contributed by atoms with Crippen molar-refractivity contribution in [1.29, 1.82) is 0 Å². The molecular formula is C15H15N5O2S. The lowest BCUT2D eigenvalue weighted by molar-refractivity contribution is 0.0949. The molecule has 3 heterocycles. The average molecular weight is 329 g/mol. The molecule has 2 aromatic heterocycles. The standard InChI is InChI=1S/C15H15N5O2S/c16-13(21)8-4-17-15(18-5-8)20-6-9-10(7-20)12(9)19-14(22)11-2-1-3-23-11/h1-5,9-10,12H,6-7H2,(H2,16,21)(H,19,22). The maximum atomic E-state index is 12.1. The molecule has 2 fully saturated rings. The lowest BCUT2D eigenvalue weighted by Crippen LogP contribution is -2.35. The average Bonchev–Trinajstić information content (AvgIpc) is 3.00. The second-order valence-corrected chi connectivity index (χ2v) is 6.79. The molecule has 2 aromatic rings. The molecule has 0 radical (unpaired) electrons. The lowest BCUT2D eigenvalue weighted by atomic mass is 10.3. The minimum Gasteiger partial charge on any atom is -0.366 e. The molecule has 7 nitrogen and oxygen atoms in total. The van der Waals surface area contributed by atoms with Gasteiger partial charge in [-0.05, 0) is 11.4 Å². The molecule has 1 saturated carbocycles. The van der Waals surface area contributed by atoms with Gasteiger partial charge in [0.2, 0.25) is 5.95 Å². The van der Waals surface area contributed by atoms with Crippen molar-refractivity contribution < 1.29 is 9.59 Å². The van der Waals surface area contributed by atoms with Crippen LogP contribution >= 0.6 is 11.3 Å². The molecule has 1 aliphatic heterocycles. The van der Waals surface area contributed by atoms with Crippen molar-refractivity contribution in [3.8, 4) is 0 Å². The minimum absolute atomic E-state index is 0.00742. The fourth-order valence-electron chi connectivity index (χ4n) is 3.15. The quantitative estimate of drug-likeness (QED) is 0.851. The summed E-state index contributed by atoms with van der Waals surface area (Å²) in [6.45, 7) is 1.63. The third-order valence-electron chi connectivity index (χ3n) is 4.44. The number of amides is 2. The molecule has 4 rings (SSSR count). The normalized spacial score (nSPS) is 25.0. The van der Waals surface area contributed by atoms with E-state index in [4.69, 9.17) is 5.73 Å². The number of fused-ring (bicyclic) bond motifs is 1. The van der Waals surface area contributed by atoms with Crippen LogP contribution in [0.15, 0.2) is 29.9 Å². The molecule has 3 N–H and O–H groups in total. The zero-order valence-electron chi connectivity index (χ0n) is 12.2. The van der Waals surface area contributed by atoms with Gasteiger partial charge in [0.05, 0.1) is 10.4 Å². The van der Waals surface area contributed by atoms with Crippen molar-refractivity contribution >= 4 is 29.1 Å². The Morgan fingerprint density at radius 2 is 1.96 bits per heavy atom. The van der Waals surface area contributed by atoms with Crippen LogP contribution in [0, 0.1) is 11.8 Å². The highest BCUT2D eigenvalue weighted by molar-refractivity contribution is 7.12. The summed E-state index contributed by atoms with van der Waals surface area (Å²) in [5, 5.41) is 5.00. The first-order chi connectivity index (χ1) is 11.1. The second kappa shape index (κ2) is 5.31. The van der Waals surface area contributed by atoms with Gasteiger partial charge < -0.3 is 16.0 Å². The maximum Gasteiger partial charge on any atom is 0.261 e. The second-order valence-electron chi connectivity index (χ2n) is 5.85. The summed E-state index contributed by atoms with van der Waals surface area (Å²) in [5.41, 5.74) is 5.48. The molecule has 1 aliphatic carbocycles. The molecule has 8 heteroatoms. The Morgan fingerprint density at radius 1 is 1.26 bits per heavy atom. The van der Waals surface area contributed by atoms with Gasteiger partial charge in [0, 0.05) is 43.4 Å². The summed E-state index contributed by atoms with van der Waals surface area (Å²) in [6.07, 6.45) is 2.90. The van der Waals surface area contributed by atoms with E-state index in [9.17, 15) is 9.59 Å². The number of hydrogen-bond acceptors (Lipinski definition) is 6. The SMILES string of the molecule is NC(=O)c1cnc(N2CC3C(C2)C3NC(=O)c2cccs2)nc1. The monoisotopic (exact) mass is 329 g/mol. The van der Waals surface area contributed by atoms with Crippen molar-refractivity contribution in [2.24, 2.45) is 17.6 Å². The van der Waals surface area contributed by atoms with Gasteiger partial charge in [-0.25, -0.2) is 9.97 Å². The number of aromatic nitrogens is 2. The number of hydrogen-bond donors (Lipinski definition) is 2. The number of carbonyl (C=O) groups is 2. The van der Waals surface area contributed by atoms with Crippen LogP contribution < -0.4 is 16.0 Å². The molecule has 0 bridgehead atoms. The number of rotatable bonds is 4. The van der Waals surface area contributed by atoms with Crippen molar-refractivity contribution in [2.45, 2.75) is 6.04 Å². The van der Waals surface area contributed by atoms with Gasteiger partial charge in [0.1, 0.15) is 0 Å². The smallest absolute Gasteiger partial charge is 0.261 e. The molecule has 2 unspecified atom stereocenters. The predicted octanol–water partition coefficient (Wildman–Crippen LogP) is 0.502. The van der Waals surface area contributed by atoms with Crippen molar-refractivity contribution in [3.05, 3.63) is 40.3 Å². The minimum atomic E-state index is -0.530. The summed E-state index contributed by atoms with van der Waals surface area (Å²) in [4.78, 5) is 34.3. The molecule has 118 valence electrons. The van der Waals surface area contributed by atoms with Crippen molar-refractivity contribution in [1.82, 2.24) is 15.3 Å². The Kier molecular flexibility index (Phi) is 3.26. The molecule has 23 heavy (non-hydrogen) atoms. The Balaban J connectivity index is 1.34. The van der Waals surface area contributed by atoms with Gasteiger partial charge in [0.25, 0.3) is 11.8 Å². The Labute approximate surface area is 136 Å². The highest BCUT2D eigenvalue weighted by Crippen LogP contribution is 2.46. The van der Waals surface area contributed by atoms with E-state index in [1.807, 2.05) is 17.5 Å². The van der Waals surface area contributed by atoms with E-state index in [1.54, 1.807) is 0 Å². The van der Waals surface area contributed by atoms with Crippen LogP contribution in [-0.4, -0.2) is 40.9 Å². The third-order valence-corrected chi connectivity index (χ3v) is 5.31. The summed E-state index contributed by atoms with van der Waals surface area (Å²) in [7, 11) is 0. The fourth-order valence-corrected chi connectivity index (χ4v) is 3.77. The van der Waals surface area contributed by atoms with Gasteiger partial charge in [0.15, 0.2) is 0 Å². The summed E-state index contributed by atoms with van der Waals surface area (Å²) >= 11 is 1.45. The molecule has 2 aliphatic rings. The van der Waals surface area contributed by atoms with Crippen LogP contribution in [-0.2, 0) is 0 Å². The largest absolute Gasteiger partial charge is 0.366 e. The van der Waals surface area contributed by atoms with E-state index in [1.165, 1.54) is 23.7 Å². The van der Waals surface area contributed by atoms with Gasteiger partial charge in [-0.1, -0.05) is 6.07 Å². The number of thiophene rings is 1.